The quantitative estimate of drug-likeness (QED) is 0.381. The summed E-state index contributed by atoms with van der Waals surface area (Å²) in [6.07, 6.45) is 0. The van der Waals surface area contributed by atoms with Gasteiger partial charge in [0.1, 0.15) is 0 Å². The van der Waals surface area contributed by atoms with E-state index in [0.717, 1.165) is 11.1 Å². The van der Waals surface area contributed by atoms with Crippen LogP contribution in [0.15, 0.2) is 12.1 Å². The van der Waals surface area contributed by atoms with Gasteiger partial charge < -0.3 is 14.6 Å². The van der Waals surface area contributed by atoms with Crippen LogP contribution in [-0.4, -0.2) is 5.11 Å². The van der Waals surface area contributed by atoms with Gasteiger partial charge in [0, 0.05) is 11.1 Å². The van der Waals surface area contributed by atoms with E-state index >= 15 is 0 Å². The van der Waals surface area contributed by atoms with E-state index < -0.39 is 16.6 Å². The first-order valence-corrected chi connectivity index (χ1v) is 11.4. The Morgan fingerprint density at radius 1 is 0.625 bits per heavy atom. The minimum absolute atomic E-state index is 0.0826. The fraction of sp³-hybridized carbons (Fsp3) is 0.571. The van der Waals surface area contributed by atoms with Crippen molar-refractivity contribution in [1.29, 1.82) is 0 Å². The van der Waals surface area contributed by atoms with E-state index in [0.29, 0.717) is 34.1 Å². The summed E-state index contributed by atoms with van der Waals surface area (Å²) in [5.41, 5.74) is 1.76. The van der Waals surface area contributed by atoms with Gasteiger partial charge in [0.05, 0.1) is 5.56 Å². The van der Waals surface area contributed by atoms with E-state index in [1.54, 1.807) is 0 Å². The van der Waals surface area contributed by atoms with Crippen molar-refractivity contribution in [3.05, 3.63) is 34.4 Å². The molecule has 3 rings (SSSR count). The highest BCUT2D eigenvalue weighted by Crippen LogP contribution is 2.61. The Labute approximate surface area is 193 Å². The SMILES string of the molecule is CC(C)(C)c1cc2c(c(C(C)(C)C)c1)Oc1c(c(C(C)(C)C)c([O])c(O)c1C(C)(C)C)O2. The summed E-state index contributed by atoms with van der Waals surface area (Å²) < 4.78 is 13.2. The standard InChI is InChI=1S/C28H39O4/c1-25(2,3)15-13-16(26(4,5)6)22-17(14-15)31-23-18(27(7,8)9)20(29)21(30)19(24(23)32-22)28(10,11)12/h13-14,30H,1-12H3. The molecule has 1 aliphatic rings. The monoisotopic (exact) mass is 439 g/mol. The van der Waals surface area contributed by atoms with Crippen LogP contribution in [0.5, 0.6) is 34.5 Å². The Hall–Kier alpha value is -2.36. The normalized spacial score (nSPS) is 14.4. The number of ether oxygens (including phenoxy) is 2. The zero-order chi connectivity index (χ0) is 24.6. The third-order valence-electron chi connectivity index (χ3n) is 5.98. The van der Waals surface area contributed by atoms with Gasteiger partial charge in [0.2, 0.25) is 5.75 Å². The number of aromatic hydroxyl groups is 1. The highest BCUT2D eigenvalue weighted by atomic mass is 16.6. The summed E-state index contributed by atoms with van der Waals surface area (Å²) in [4.78, 5) is 0. The summed E-state index contributed by atoms with van der Waals surface area (Å²) in [5, 5.41) is 24.3. The summed E-state index contributed by atoms with van der Waals surface area (Å²) in [6, 6.07) is 4.21. The number of fused-ring (bicyclic) bond motifs is 2. The van der Waals surface area contributed by atoms with Crippen molar-refractivity contribution in [1.82, 2.24) is 0 Å². The molecule has 4 nitrogen and oxygen atoms in total. The van der Waals surface area contributed by atoms with Crippen molar-refractivity contribution < 1.29 is 19.7 Å². The molecule has 1 radical (unpaired) electrons. The van der Waals surface area contributed by atoms with Gasteiger partial charge in [-0.1, -0.05) is 89.2 Å². The Morgan fingerprint density at radius 3 is 1.56 bits per heavy atom. The molecule has 0 saturated heterocycles. The molecule has 2 aromatic carbocycles. The fourth-order valence-corrected chi connectivity index (χ4v) is 4.23. The van der Waals surface area contributed by atoms with Gasteiger partial charge in [-0.05, 0) is 33.3 Å². The van der Waals surface area contributed by atoms with Crippen LogP contribution in [0.3, 0.4) is 0 Å². The molecule has 1 N–H and O–H groups in total. The summed E-state index contributed by atoms with van der Waals surface area (Å²) in [6.45, 7) is 24.7. The summed E-state index contributed by atoms with van der Waals surface area (Å²) in [5.74, 6) is 1.49. The second-order valence-electron chi connectivity index (χ2n) is 13.1. The maximum atomic E-state index is 13.3. The fourth-order valence-electron chi connectivity index (χ4n) is 4.23. The predicted molar refractivity (Wildman–Crippen MR) is 130 cm³/mol. The molecular formula is C28H39O4. The van der Waals surface area contributed by atoms with E-state index in [9.17, 15) is 10.2 Å². The molecule has 175 valence electrons. The summed E-state index contributed by atoms with van der Waals surface area (Å²) >= 11 is 0. The average Bonchev–Trinajstić information content (AvgIpc) is 2.56. The van der Waals surface area contributed by atoms with Crippen molar-refractivity contribution in [2.24, 2.45) is 0 Å². The van der Waals surface area contributed by atoms with Crippen LogP contribution in [0.1, 0.15) is 105 Å². The maximum absolute atomic E-state index is 13.3. The Morgan fingerprint density at radius 2 is 1.12 bits per heavy atom. The van der Waals surface area contributed by atoms with E-state index in [4.69, 9.17) is 9.47 Å². The molecule has 4 heteroatoms. The molecule has 1 heterocycles. The Balaban J connectivity index is 2.44. The molecule has 0 saturated carbocycles. The third-order valence-corrected chi connectivity index (χ3v) is 5.98. The number of hydrogen-bond acceptors (Lipinski definition) is 3. The lowest BCUT2D eigenvalue weighted by molar-refractivity contribution is 0.283. The molecule has 0 bridgehead atoms. The molecule has 0 atom stereocenters. The molecule has 1 aliphatic heterocycles. The molecule has 0 aliphatic carbocycles. The minimum atomic E-state index is -0.537. The van der Waals surface area contributed by atoms with Crippen LogP contribution in [0.25, 0.3) is 0 Å². The van der Waals surface area contributed by atoms with E-state index in [1.807, 2.05) is 47.6 Å². The van der Waals surface area contributed by atoms with Crippen molar-refractivity contribution in [2.75, 3.05) is 0 Å². The lowest BCUT2D eigenvalue weighted by Gasteiger charge is -2.36. The predicted octanol–water partition coefficient (Wildman–Crippen LogP) is 8.62. The first-order chi connectivity index (χ1) is 14.2. The van der Waals surface area contributed by atoms with Crippen molar-refractivity contribution in [2.45, 2.75) is 105 Å². The summed E-state index contributed by atoms with van der Waals surface area (Å²) in [7, 11) is 0. The number of phenolic OH excluding ortho intramolecular Hbond substituents is 1. The van der Waals surface area contributed by atoms with Crippen LogP contribution >= 0.6 is 0 Å². The van der Waals surface area contributed by atoms with Crippen molar-refractivity contribution in [3.8, 4) is 34.5 Å². The van der Waals surface area contributed by atoms with E-state index in [2.05, 4.69) is 47.6 Å². The molecule has 0 fully saturated rings. The smallest absolute Gasteiger partial charge is 0.228 e. The molecular weight excluding hydrogens is 400 g/mol. The van der Waals surface area contributed by atoms with Gasteiger partial charge in [-0.25, -0.2) is 0 Å². The third kappa shape index (κ3) is 4.04. The van der Waals surface area contributed by atoms with Gasteiger partial charge in [-0.15, -0.1) is 0 Å². The largest absolute Gasteiger partial charge is 0.504 e. The van der Waals surface area contributed by atoms with Gasteiger partial charge in [-0.3, -0.25) is 5.11 Å². The van der Waals surface area contributed by atoms with Crippen LogP contribution in [0.2, 0.25) is 0 Å². The van der Waals surface area contributed by atoms with Gasteiger partial charge >= 0.3 is 0 Å². The van der Waals surface area contributed by atoms with Gasteiger partial charge in [0.25, 0.3) is 0 Å². The molecule has 32 heavy (non-hydrogen) atoms. The number of phenols is 1. The second kappa shape index (κ2) is 7.07. The van der Waals surface area contributed by atoms with Gasteiger partial charge in [-0.2, -0.15) is 0 Å². The van der Waals surface area contributed by atoms with E-state index in [-0.39, 0.29) is 16.6 Å². The van der Waals surface area contributed by atoms with Crippen LogP contribution < -0.4 is 9.47 Å². The topological polar surface area (TPSA) is 58.6 Å². The maximum Gasteiger partial charge on any atom is 0.228 e. The van der Waals surface area contributed by atoms with Crippen molar-refractivity contribution in [3.63, 3.8) is 0 Å². The Kier molecular flexibility index (Phi) is 5.36. The van der Waals surface area contributed by atoms with Crippen LogP contribution in [-0.2, 0) is 26.8 Å². The molecule has 0 spiro atoms. The zero-order valence-electron chi connectivity index (χ0n) is 21.8. The highest BCUT2D eigenvalue weighted by molar-refractivity contribution is 5.73. The molecule has 0 unspecified atom stereocenters. The lowest BCUT2D eigenvalue weighted by atomic mass is 9.78. The Bertz CT molecular complexity index is 1070. The number of benzene rings is 2. The molecule has 2 aromatic rings. The number of hydrogen-bond donors (Lipinski definition) is 1. The first kappa shape index (κ1) is 24.3. The lowest BCUT2D eigenvalue weighted by Crippen LogP contribution is -2.22. The van der Waals surface area contributed by atoms with E-state index in [1.165, 1.54) is 0 Å². The first-order valence-electron chi connectivity index (χ1n) is 11.4. The molecule has 0 aromatic heterocycles. The zero-order valence-corrected chi connectivity index (χ0v) is 21.8. The minimum Gasteiger partial charge on any atom is -0.504 e. The van der Waals surface area contributed by atoms with Crippen molar-refractivity contribution >= 4 is 0 Å². The molecule has 0 amide bonds. The highest BCUT2D eigenvalue weighted by Gasteiger charge is 2.41. The second-order valence-corrected chi connectivity index (χ2v) is 13.1. The average molecular weight is 440 g/mol. The van der Waals surface area contributed by atoms with Crippen LogP contribution in [0, 0.1) is 0 Å². The van der Waals surface area contributed by atoms with Crippen LogP contribution in [0.4, 0.5) is 0 Å². The number of rotatable bonds is 0. The van der Waals surface area contributed by atoms with Gasteiger partial charge in [0.15, 0.2) is 28.7 Å².